The van der Waals surface area contributed by atoms with Gasteiger partial charge in [-0.2, -0.15) is 0 Å². The number of carbonyl (C=O) groups excluding carboxylic acids is 1. The minimum Gasteiger partial charge on any atom is -0.496 e. The van der Waals surface area contributed by atoms with Crippen LogP contribution in [0, 0.1) is 13.8 Å². The van der Waals surface area contributed by atoms with Gasteiger partial charge in [-0.1, -0.05) is 6.07 Å². The Bertz CT molecular complexity index is 1090. The number of hydrogen-bond acceptors (Lipinski definition) is 7. The van der Waals surface area contributed by atoms with Crippen molar-refractivity contribution < 1.29 is 19.4 Å². The van der Waals surface area contributed by atoms with E-state index in [0.29, 0.717) is 24.4 Å². The predicted octanol–water partition coefficient (Wildman–Crippen LogP) is 2.39. The molecule has 8 heteroatoms. The molecule has 0 fully saturated rings. The summed E-state index contributed by atoms with van der Waals surface area (Å²) in [4.78, 5) is 20.4. The fourth-order valence-corrected chi connectivity index (χ4v) is 3.65. The number of pyridine rings is 1. The van der Waals surface area contributed by atoms with E-state index in [1.165, 1.54) is 0 Å². The largest absolute Gasteiger partial charge is 0.496 e. The molecule has 3 aromatic rings. The number of imidazole rings is 1. The zero-order chi connectivity index (χ0) is 21.3. The van der Waals surface area contributed by atoms with Crippen LogP contribution in [0.3, 0.4) is 0 Å². The monoisotopic (exact) mass is 408 g/mol. The molecular weight excluding hydrogens is 384 g/mol. The van der Waals surface area contributed by atoms with Crippen molar-refractivity contribution in [2.75, 3.05) is 13.7 Å². The lowest BCUT2D eigenvalue weighted by Crippen LogP contribution is -2.22. The van der Waals surface area contributed by atoms with Crippen molar-refractivity contribution in [1.29, 1.82) is 0 Å². The van der Waals surface area contributed by atoms with Gasteiger partial charge in [0.15, 0.2) is 0 Å². The maximum absolute atomic E-state index is 11.7. The van der Waals surface area contributed by atoms with E-state index in [2.05, 4.69) is 15.3 Å². The van der Waals surface area contributed by atoms with E-state index < -0.39 is 6.10 Å². The summed E-state index contributed by atoms with van der Waals surface area (Å²) < 4.78 is 12.4. The molecule has 0 aliphatic carbocycles. The Kier molecular flexibility index (Phi) is 5.52. The van der Waals surface area contributed by atoms with Crippen LogP contribution in [0.25, 0.3) is 5.82 Å². The third-order valence-electron chi connectivity index (χ3n) is 5.35. The molecule has 4 rings (SSSR count). The highest BCUT2D eigenvalue weighted by Crippen LogP contribution is 2.29. The first kappa shape index (κ1) is 20.1. The van der Waals surface area contributed by atoms with Crippen LogP contribution in [0.5, 0.6) is 5.75 Å². The smallest absolute Gasteiger partial charge is 0.338 e. The topological polar surface area (TPSA) is 98.5 Å². The van der Waals surface area contributed by atoms with Crippen LogP contribution in [0.4, 0.5) is 0 Å². The third kappa shape index (κ3) is 3.79. The van der Waals surface area contributed by atoms with Gasteiger partial charge in [0.2, 0.25) is 0 Å². The second-order valence-corrected chi connectivity index (χ2v) is 7.31. The summed E-state index contributed by atoms with van der Waals surface area (Å²) >= 11 is 0. The molecule has 0 spiro atoms. The summed E-state index contributed by atoms with van der Waals surface area (Å²) in [5.41, 5.74) is 4.92. The van der Waals surface area contributed by atoms with Crippen LogP contribution in [0.1, 0.15) is 44.4 Å². The molecule has 1 aliphatic rings. The molecule has 2 N–H and O–H groups in total. The molecule has 30 heavy (non-hydrogen) atoms. The number of nitrogens with zero attached hydrogens (tertiary/aromatic N) is 3. The van der Waals surface area contributed by atoms with E-state index >= 15 is 0 Å². The van der Waals surface area contributed by atoms with Gasteiger partial charge in [0, 0.05) is 42.7 Å². The molecule has 3 heterocycles. The van der Waals surface area contributed by atoms with E-state index in [-0.39, 0.29) is 12.6 Å². The Morgan fingerprint density at radius 1 is 1.33 bits per heavy atom. The first-order chi connectivity index (χ1) is 14.5. The molecule has 0 bridgehead atoms. The number of hydrogen-bond donors (Lipinski definition) is 2. The number of carbonyl (C=O) groups is 1. The number of nitrogens with one attached hydrogen (secondary N) is 1. The first-order valence-electron chi connectivity index (χ1n) is 9.70. The summed E-state index contributed by atoms with van der Waals surface area (Å²) in [6.45, 7) is 4.93. The van der Waals surface area contributed by atoms with E-state index in [4.69, 9.17) is 9.47 Å². The van der Waals surface area contributed by atoms with E-state index in [0.717, 1.165) is 33.8 Å². The number of aryl methyl sites for hydroxylation is 1. The standard InChI is InChI=1S/C22H24N4O4/c1-13-10-26(12-25-13)21-6-20(29-3)15(8-24-21)7-23-9-19(27)16-4-5-17-18(14(16)2)11-30-22(17)28/h4-6,8,10,12,19,23,27H,7,9,11H2,1-3H3. The SMILES string of the molecule is COc1cc(-n2cnc(C)c2)ncc1CNCC(O)c1ccc2c(c1C)COC2=O. The second-order valence-electron chi connectivity index (χ2n) is 7.31. The van der Waals surface area contributed by atoms with E-state index in [1.807, 2.05) is 30.7 Å². The van der Waals surface area contributed by atoms with E-state index in [9.17, 15) is 9.90 Å². The van der Waals surface area contributed by atoms with Crippen molar-refractivity contribution in [3.63, 3.8) is 0 Å². The number of fused-ring (bicyclic) bond motifs is 1. The van der Waals surface area contributed by atoms with Gasteiger partial charge in [-0.3, -0.25) is 4.57 Å². The van der Waals surface area contributed by atoms with Gasteiger partial charge in [0.25, 0.3) is 0 Å². The second kappa shape index (κ2) is 8.25. The first-order valence-corrected chi connectivity index (χ1v) is 9.70. The molecular formula is C22H24N4O4. The van der Waals surface area contributed by atoms with Crippen molar-refractivity contribution in [1.82, 2.24) is 19.9 Å². The van der Waals surface area contributed by atoms with Crippen LogP contribution in [-0.4, -0.2) is 39.3 Å². The van der Waals surface area contributed by atoms with Gasteiger partial charge in [0.1, 0.15) is 24.5 Å². The number of aliphatic hydroxyl groups is 1. The molecule has 2 aromatic heterocycles. The molecule has 0 saturated heterocycles. The normalized spacial score (nSPS) is 13.8. The summed E-state index contributed by atoms with van der Waals surface area (Å²) in [7, 11) is 1.62. The van der Waals surface area contributed by atoms with Gasteiger partial charge in [0.05, 0.1) is 24.5 Å². The fraction of sp³-hybridized carbons (Fsp3) is 0.318. The Morgan fingerprint density at radius 3 is 2.90 bits per heavy atom. The van der Waals surface area contributed by atoms with Gasteiger partial charge in [-0.15, -0.1) is 0 Å². The summed E-state index contributed by atoms with van der Waals surface area (Å²) in [6, 6.07) is 5.37. The Labute approximate surface area is 174 Å². The number of esters is 1. The van der Waals surface area contributed by atoms with Gasteiger partial charge >= 0.3 is 5.97 Å². The van der Waals surface area contributed by atoms with Crippen LogP contribution in [0.15, 0.2) is 36.9 Å². The molecule has 0 amide bonds. The van der Waals surface area contributed by atoms with Crippen molar-refractivity contribution in [2.45, 2.75) is 33.1 Å². The lowest BCUT2D eigenvalue weighted by Gasteiger charge is -2.17. The van der Waals surface area contributed by atoms with Gasteiger partial charge in [-0.25, -0.2) is 14.8 Å². The minimum atomic E-state index is -0.710. The molecule has 1 aromatic carbocycles. The zero-order valence-electron chi connectivity index (χ0n) is 17.2. The molecule has 156 valence electrons. The molecule has 0 saturated carbocycles. The molecule has 0 radical (unpaired) electrons. The number of methoxy groups -OCH3 is 1. The molecule has 8 nitrogen and oxygen atoms in total. The molecule has 1 atom stereocenters. The molecule has 1 aliphatic heterocycles. The Balaban J connectivity index is 1.42. The lowest BCUT2D eigenvalue weighted by molar-refractivity contribution is 0.0535. The van der Waals surface area contributed by atoms with Crippen molar-refractivity contribution in [3.8, 4) is 11.6 Å². The minimum absolute atomic E-state index is 0.264. The summed E-state index contributed by atoms with van der Waals surface area (Å²) in [5.74, 6) is 1.13. The molecule has 1 unspecified atom stereocenters. The number of ether oxygens (including phenoxy) is 2. The van der Waals surface area contributed by atoms with Gasteiger partial charge in [-0.05, 0) is 31.0 Å². The van der Waals surface area contributed by atoms with E-state index in [1.54, 1.807) is 31.8 Å². The number of cyclic esters (lactones) is 1. The van der Waals surface area contributed by atoms with Gasteiger partial charge < -0.3 is 19.9 Å². The van der Waals surface area contributed by atoms with Crippen molar-refractivity contribution in [3.05, 3.63) is 70.4 Å². The zero-order valence-corrected chi connectivity index (χ0v) is 17.2. The van der Waals surface area contributed by atoms with Crippen LogP contribution in [-0.2, 0) is 17.9 Å². The highest BCUT2D eigenvalue weighted by Gasteiger charge is 2.25. The fourth-order valence-electron chi connectivity index (χ4n) is 3.65. The van der Waals surface area contributed by atoms with Crippen molar-refractivity contribution >= 4 is 5.97 Å². The number of rotatable bonds is 7. The number of aliphatic hydroxyl groups excluding tert-OH is 1. The predicted molar refractivity (Wildman–Crippen MR) is 110 cm³/mol. The number of benzene rings is 1. The average molecular weight is 408 g/mol. The van der Waals surface area contributed by atoms with Crippen molar-refractivity contribution in [2.24, 2.45) is 0 Å². The number of aromatic nitrogens is 3. The summed E-state index contributed by atoms with van der Waals surface area (Å²) in [6.07, 6.45) is 4.65. The quantitative estimate of drug-likeness (QED) is 0.579. The third-order valence-corrected chi connectivity index (χ3v) is 5.35. The van der Waals surface area contributed by atoms with Crippen LogP contribution in [0.2, 0.25) is 0 Å². The maximum atomic E-state index is 11.7. The Morgan fingerprint density at radius 2 is 2.17 bits per heavy atom. The maximum Gasteiger partial charge on any atom is 0.338 e. The van der Waals surface area contributed by atoms with Crippen LogP contribution >= 0.6 is 0 Å². The lowest BCUT2D eigenvalue weighted by atomic mass is 9.95. The summed E-state index contributed by atoms with van der Waals surface area (Å²) in [5, 5.41) is 13.9. The highest BCUT2D eigenvalue weighted by molar-refractivity contribution is 5.93. The highest BCUT2D eigenvalue weighted by atomic mass is 16.5. The van der Waals surface area contributed by atoms with Crippen LogP contribution < -0.4 is 10.1 Å². The average Bonchev–Trinajstić information content (AvgIpc) is 3.34. The Hall–Kier alpha value is -3.23.